The van der Waals surface area contributed by atoms with Gasteiger partial charge < -0.3 is 0 Å². The van der Waals surface area contributed by atoms with Crippen LogP contribution in [-0.2, 0) is 6.54 Å². The minimum atomic E-state index is 0.653. The van der Waals surface area contributed by atoms with Gasteiger partial charge in [-0.3, -0.25) is 4.90 Å². The Hall–Kier alpha value is -0.0000000000000000278. The predicted octanol–water partition coefficient (Wildman–Crippen LogP) is 2.53. The van der Waals surface area contributed by atoms with Gasteiger partial charge in [-0.15, -0.1) is 0 Å². The largest absolute Gasteiger partial charge is 0.297 e. The topological polar surface area (TPSA) is 29.0 Å². The van der Waals surface area contributed by atoms with Gasteiger partial charge in [0.15, 0.2) is 0 Å². The fraction of sp³-hybridized carbons (Fsp3) is 0.800. The Balaban J connectivity index is 1.79. The molecule has 1 aromatic rings. The molecule has 0 bridgehead atoms. The van der Waals surface area contributed by atoms with E-state index in [0.717, 1.165) is 18.2 Å². The molecule has 1 fully saturated rings. The molecule has 1 aliphatic rings. The van der Waals surface area contributed by atoms with E-state index in [2.05, 4.69) is 36.5 Å². The highest BCUT2D eigenvalue weighted by Crippen LogP contribution is 2.25. The van der Waals surface area contributed by atoms with Crippen molar-refractivity contribution in [1.82, 2.24) is 13.6 Å². The van der Waals surface area contributed by atoms with Crippen molar-refractivity contribution < 1.29 is 0 Å². The van der Waals surface area contributed by atoms with Gasteiger partial charge in [-0.25, -0.2) is 0 Å². The van der Waals surface area contributed by atoms with Crippen LogP contribution in [0.3, 0.4) is 0 Å². The van der Waals surface area contributed by atoms with Gasteiger partial charge >= 0.3 is 0 Å². The van der Waals surface area contributed by atoms with Crippen molar-refractivity contribution in [3.05, 3.63) is 11.9 Å². The molecule has 1 aliphatic heterocycles. The fourth-order valence-corrected chi connectivity index (χ4v) is 3.01. The van der Waals surface area contributed by atoms with Crippen LogP contribution in [0.2, 0.25) is 0 Å². The molecule has 84 valence electrons. The molecule has 0 spiro atoms. The molecule has 0 radical (unpaired) electrons. The van der Waals surface area contributed by atoms with Gasteiger partial charge in [-0.05, 0) is 31.8 Å². The van der Waals surface area contributed by atoms with Crippen LogP contribution in [-0.4, -0.2) is 31.6 Å². The van der Waals surface area contributed by atoms with Crippen LogP contribution in [0.5, 0.6) is 0 Å². The first-order valence-corrected chi connectivity index (χ1v) is 7.03. The lowest BCUT2D eigenvalue weighted by atomic mass is 9.94. The normalized spacial score (nSPS) is 21.7. The molecule has 1 unspecified atom stereocenters. The number of rotatable bonds is 3. The van der Waals surface area contributed by atoms with E-state index in [1.807, 2.05) is 6.20 Å². The highest BCUT2D eigenvalue weighted by atomic mass is 79.9. The summed E-state index contributed by atoms with van der Waals surface area (Å²) in [7, 11) is 0. The van der Waals surface area contributed by atoms with Gasteiger partial charge in [0.2, 0.25) is 0 Å². The molecule has 1 atom stereocenters. The summed E-state index contributed by atoms with van der Waals surface area (Å²) in [5.74, 6) is 0.842. The van der Waals surface area contributed by atoms with Gasteiger partial charge in [0.1, 0.15) is 0 Å². The minimum absolute atomic E-state index is 0.653. The highest BCUT2D eigenvalue weighted by molar-refractivity contribution is 9.09. The summed E-state index contributed by atoms with van der Waals surface area (Å²) in [6.07, 6.45) is 4.47. The number of alkyl halides is 1. The number of piperidine rings is 1. The van der Waals surface area contributed by atoms with Crippen LogP contribution in [0.4, 0.5) is 0 Å². The standard InChI is InChI=1S/C10H16BrN3S/c1-8(11)9-2-4-14(5-3-9)7-10-6-12-15-13-10/h6,8-9H,2-5,7H2,1H3. The Kier molecular flexibility index (Phi) is 4.11. The van der Waals surface area contributed by atoms with Crippen LogP contribution in [0, 0.1) is 5.92 Å². The van der Waals surface area contributed by atoms with Gasteiger partial charge in [0.25, 0.3) is 0 Å². The van der Waals surface area contributed by atoms with Crippen molar-refractivity contribution in [1.29, 1.82) is 0 Å². The Labute approximate surface area is 103 Å². The van der Waals surface area contributed by atoms with Gasteiger partial charge in [0, 0.05) is 11.4 Å². The number of halogens is 1. The fourth-order valence-electron chi connectivity index (χ4n) is 2.05. The zero-order valence-corrected chi connectivity index (χ0v) is 11.3. The van der Waals surface area contributed by atoms with Crippen molar-refractivity contribution in [3.8, 4) is 0 Å². The summed E-state index contributed by atoms with van der Waals surface area (Å²) in [4.78, 5) is 3.13. The summed E-state index contributed by atoms with van der Waals surface area (Å²) in [5.41, 5.74) is 1.12. The van der Waals surface area contributed by atoms with E-state index >= 15 is 0 Å². The third kappa shape index (κ3) is 3.23. The zero-order valence-electron chi connectivity index (χ0n) is 8.90. The van der Waals surface area contributed by atoms with Crippen molar-refractivity contribution >= 4 is 27.7 Å². The van der Waals surface area contributed by atoms with Crippen molar-refractivity contribution in [2.75, 3.05) is 13.1 Å². The van der Waals surface area contributed by atoms with Gasteiger partial charge in [-0.1, -0.05) is 22.9 Å². The first-order chi connectivity index (χ1) is 7.25. The van der Waals surface area contributed by atoms with Gasteiger partial charge in [0.05, 0.1) is 23.6 Å². The lowest BCUT2D eigenvalue weighted by Gasteiger charge is -2.32. The second kappa shape index (κ2) is 5.37. The van der Waals surface area contributed by atoms with E-state index in [1.165, 1.54) is 37.7 Å². The maximum atomic E-state index is 4.24. The Morgan fingerprint density at radius 2 is 2.33 bits per heavy atom. The average molecular weight is 290 g/mol. The summed E-state index contributed by atoms with van der Waals surface area (Å²) in [5, 5.41) is 0. The summed E-state index contributed by atoms with van der Waals surface area (Å²) < 4.78 is 8.27. The van der Waals surface area contributed by atoms with Crippen molar-refractivity contribution in [2.45, 2.75) is 31.1 Å². The third-order valence-corrected chi connectivity index (χ3v) is 4.34. The number of hydrogen-bond donors (Lipinski definition) is 0. The van der Waals surface area contributed by atoms with Crippen LogP contribution in [0.15, 0.2) is 6.20 Å². The SMILES string of the molecule is CC(Br)C1CCN(Cc2cnsn2)CC1. The molecule has 0 N–H and O–H groups in total. The average Bonchev–Trinajstić information content (AvgIpc) is 2.71. The molecule has 0 aromatic carbocycles. The van der Waals surface area contributed by atoms with E-state index in [9.17, 15) is 0 Å². The van der Waals surface area contributed by atoms with E-state index in [1.54, 1.807) is 0 Å². The maximum absolute atomic E-state index is 4.24. The first kappa shape index (κ1) is 11.5. The maximum Gasteiger partial charge on any atom is 0.0883 e. The molecule has 15 heavy (non-hydrogen) atoms. The summed E-state index contributed by atoms with van der Waals surface area (Å²) >= 11 is 4.98. The molecule has 1 saturated heterocycles. The molecular weight excluding hydrogens is 274 g/mol. The molecule has 0 amide bonds. The van der Waals surface area contributed by atoms with E-state index in [0.29, 0.717) is 4.83 Å². The molecule has 0 saturated carbocycles. The Morgan fingerprint density at radius 3 is 2.87 bits per heavy atom. The molecular formula is C10H16BrN3S. The summed E-state index contributed by atoms with van der Waals surface area (Å²) in [6.45, 7) is 5.61. The molecule has 2 heterocycles. The predicted molar refractivity (Wildman–Crippen MR) is 66.3 cm³/mol. The number of hydrogen-bond acceptors (Lipinski definition) is 4. The quantitative estimate of drug-likeness (QED) is 0.801. The van der Waals surface area contributed by atoms with Crippen LogP contribution >= 0.6 is 27.7 Å². The first-order valence-electron chi connectivity index (χ1n) is 5.38. The molecule has 0 aliphatic carbocycles. The monoisotopic (exact) mass is 289 g/mol. The second-order valence-corrected chi connectivity index (χ2v) is 6.19. The molecule has 2 rings (SSSR count). The number of likely N-dealkylation sites (tertiary alicyclic amines) is 1. The van der Waals surface area contributed by atoms with Crippen LogP contribution < -0.4 is 0 Å². The highest BCUT2D eigenvalue weighted by Gasteiger charge is 2.22. The second-order valence-electron chi connectivity index (χ2n) is 4.19. The Bertz CT molecular complexity index is 281. The van der Waals surface area contributed by atoms with E-state index in [-0.39, 0.29) is 0 Å². The smallest absolute Gasteiger partial charge is 0.0883 e. The molecule has 5 heteroatoms. The van der Waals surface area contributed by atoms with Crippen molar-refractivity contribution in [2.24, 2.45) is 5.92 Å². The molecule has 1 aromatic heterocycles. The van der Waals surface area contributed by atoms with Crippen molar-refractivity contribution in [3.63, 3.8) is 0 Å². The summed E-state index contributed by atoms with van der Waals surface area (Å²) in [6, 6.07) is 0. The van der Waals surface area contributed by atoms with Crippen LogP contribution in [0.25, 0.3) is 0 Å². The van der Waals surface area contributed by atoms with E-state index < -0.39 is 0 Å². The lowest BCUT2D eigenvalue weighted by molar-refractivity contribution is 0.177. The zero-order chi connectivity index (χ0) is 10.7. The number of nitrogens with zero attached hydrogens (tertiary/aromatic N) is 3. The third-order valence-electron chi connectivity index (χ3n) is 3.07. The lowest BCUT2D eigenvalue weighted by Crippen LogP contribution is -2.35. The molecule has 3 nitrogen and oxygen atoms in total. The Morgan fingerprint density at radius 1 is 1.60 bits per heavy atom. The van der Waals surface area contributed by atoms with Crippen LogP contribution in [0.1, 0.15) is 25.5 Å². The van der Waals surface area contributed by atoms with E-state index in [4.69, 9.17) is 0 Å². The van der Waals surface area contributed by atoms with Gasteiger partial charge in [-0.2, -0.15) is 8.75 Å². The number of aromatic nitrogens is 2. The minimum Gasteiger partial charge on any atom is -0.297 e.